The Labute approximate surface area is 242 Å². The normalized spacial score (nSPS) is 23.0. The van der Waals surface area contributed by atoms with Crippen molar-refractivity contribution < 1.29 is 27.5 Å². The summed E-state index contributed by atoms with van der Waals surface area (Å²) in [7, 11) is 0. The summed E-state index contributed by atoms with van der Waals surface area (Å²) in [5, 5.41) is 9.45. The minimum atomic E-state index is -1.63. The maximum absolute atomic E-state index is 15.5. The highest BCUT2D eigenvalue weighted by molar-refractivity contribution is 5.90. The Hall–Kier alpha value is -2.37. The highest BCUT2D eigenvalue weighted by atomic mass is 19.2. The Morgan fingerprint density at radius 3 is 1.83 bits per heavy atom. The molecule has 0 aliphatic heterocycles. The van der Waals surface area contributed by atoms with Crippen molar-refractivity contribution in [3.05, 3.63) is 58.7 Å². The number of hydrogen-bond acceptors (Lipinski definition) is 1. The molecule has 4 rings (SSSR count). The van der Waals surface area contributed by atoms with Crippen LogP contribution in [0.3, 0.4) is 0 Å². The third-order valence-electron chi connectivity index (χ3n) is 9.91. The van der Waals surface area contributed by atoms with E-state index in [9.17, 15) is 23.1 Å². The molecular weight excluding hydrogens is 528 g/mol. The number of benzene rings is 2. The van der Waals surface area contributed by atoms with Crippen molar-refractivity contribution in [3.63, 3.8) is 0 Å². The van der Waals surface area contributed by atoms with Gasteiger partial charge in [0.25, 0.3) is 0 Å². The molecule has 0 unspecified atom stereocenters. The number of aromatic carboxylic acids is 1. The topological polar surface area (TPSA) is 37.3 Å². The molecule has 2 aromatic carbocycles. The largest absolute Gasteiger partial charge is 0.478 e. The second kappa shape index (κ2) is 15.2. The standard InChI is InChI=1S/C35H46F4O2/c1-2-3-4-5-6-7-8-9-10-23-11-13-24(14-12-23)25-15-17-26(18-16-25)28-19-20-29(35(40)41)33(38)32(28)27-21-30(36)34(39)31(37)22-27/h19-26H,2-18H2,1H3,(H,40,41). The van der Waals surface area contributed by atoms with Gasteiger partial charge >= 0.3 is 5.97 Å². The molecule has 2 saturated carbocycles. The highest BCUT2D eigenvalue weighted by Crippen LogP contribution is 2.47. The van der Waals surface area contributed by atoms with Crippen molar-refractivity contribution in [1.29, 1.82) is 0 Å². The lowest BCUT2D eigenvalue weighted by molar-refractivity contribution is 0.0692. The molecular formula is C35H46F4O2. The zero-order chi connectivity index (χ0) is 29.4. The lowest BCUT2D eigenvalue weighted by Crippen LogP contribution is -2.25. The van der Waals surface area contributed by atoms with Crippen LogP contribution in [0.4, 0.5) is 17.6 Å². The van der Waals surface area contributed by atoms with Crippen LogP contribution in [0.1, 0.15) is 138 Å². The summed E-state index contributed by atoms with van der Waals surface area (Å²) >= 11 is 0. The van der Waals surface area contributed by atoms with Gasteiger partial charge in [-0.05, 0) is 91.5 Å². The van der Waals surface area contributed by atoms with E-state index in [2.05, 4.69) is 6.92 Å². The van der Waals surface area contributed by atoms with Gasteiger partial charge in [-0.25, -0.2) is 22.4 Å². The lowest BCUT2D eigenvalue weighted by Gasteiger charge is -2.38. The van der Waals surface area contributed by atoms with Crippen molar-refractivity contribution >= 4 is 5.97 Å². The molecule has 41 heavy (non-hydrogen) atoms. The molecule has 2 aliphatic carbocycles. The Morgan fingerprint density at radius 1 is 0.732 bits per heavy atom. The Kier molecular flexibility index (Phi) is 11.7. The van der Waals surface area contributed by atoms with Gasteiger partial charge in [-0.3, -0.25) is 0 Å². The minimum Gasteiger partial charge on any atom is -0.478 e. The fraction of sp³-hybridized carbons (Fsp3) is 0.629. The average molecular weight is 575 g/mol. The van der Waals surface area contributed by atoms with Crippen LogP contribution in [0, 0.1) is 41.0 Å². The summed E-state index contributed by atoms with van der Waals surface area (Å²) in [4.78, 5) is 11.6. The van der Waals surface area contributed by atoms with Crippen molar-refractivity contribution in [2.45, 2.75) is 122 Å². The van der Waals surface area contributed by atoms with Crippen molar-refractivity contribution in [2.75, 3.05) is 0 Å². The van der Waals surface area contributed by atoms with Gasteiger partial charge in [-0.15, -0.1) is 0 Å². The van der Waals surface area contributed by atoms with Crippen LogP contribution in [0.5, 0.6) is 0 Å². The van der Waals surface area contributed by atoms with Gasteiger partial charge in [0.15, 0.2) is 17.5 Å². The Balaban J connectivity index is 1.31. The quantitative estimate of drug-likeness (QED) is 0.147. The van der Waals surface area contributed by atoms with E-state index in [1.54, 1.807) is 6.07 Å². The Morgan fingerprint density at radius 2 is 1.27 bits per heavy atom. The van der Waals surface area contributed by atoms with Crippen LogP contribution in [0.15, 0.2) is 24.3 Å². The van der Waals surface area contributed by atoms with Crippen molar-refractivity contribution in [3.8, 4) is 11.1 Å². The van der Waals surface area contributed by atoms with Gasteiger partial charge in [0.05, 0.1) is 5.56 Å². The van der Waals surface area contributed by atoms with Gasteiger partial charge in [0.2, 0.25) is 0 Å². The molecule has 2 fully saturated rings. The molecule has 2 aliphatic rings. The van der Waals surface area contributed by atoms with Gasteiger partial charge in [-0.2, -0.15) is 0 Å². The summed E-state index contributed by atoms with van der Waals surface area (Å²) in [6, 6.07) is 4.31. The van der Waals surface area contributed by atoms with E-state index in [-0.39, 0.29) is 17.0 Å². The van der Waals surface area contributed by atoms with E-state index in [0.717, 1.165) is 49.7 Å². The fourth-order valence-corrected chi connectivity index (χ4v) is 7.51. The van der Waals surface area contributed by atoms with E-state index in [1.165, 1.54) is 89.5 Å². The minimum absolute atomic E-state index is 0.0481. The Bertz CT molecular complexity index is 1120. The maximum atomic E-state index is 15.5. The summed E-state index contributed by atoms with van der Waals surface area (Å²) in [6.07, 6.45) is 21.1. The van der Waals surface area contributed by atoms with Crippen molar-refractivity contribution in [2.24, 2.45) is 17.8 Å². The van der Waals surface area contributed by atoms with E-state index in [1.807, 2.05) is 0 Å². The van der Waals surface area contributed by atoms with Gasteiger partial charge < -0.3 is 5.11 Å². The molecule has 2 nitrogen and oxygen atoms in total. The van der Waals surface area contributed by atoms with Gasteiger partial charge in [0, 0.05) is 5.56 Å². The first-order chi connectivity index (χ1) is 19.8. The molecule has 0 saturated heterocycles. The highest BCUT2D eigenvalue weighted by Gasteiger charge is 2.33. The average Bonchev–Trinajstić information content (AvgIpc) is 2.97. The molecule has 1 N–H and O–H groups in total. The molecule has 0 heterocycles. The van der Waals surface area contributed by atoms with E-state index < -0.39 is 34.8 Å². The number of carbonyl (C=O) groups is 1. The summed E-state index contributed by atoms with van der Waals surface area (Å²) in [5.74, 6) is -4.80. The van der Waals surface area contributed by atoms with E-state index >= 15 is 4.39 Å². The summed E-state index contributed by atoms with van der Waals surface area (Å²) in [5.41, 5.74) is -0.321. The van der Waals surface area contributed by atoms with Crippen LogP contribution in [0.2, 0.25) is 0 Å². The second-order valence-electron chi connectivity index (χ2n) is 12.6. The molecule has 226 valence electrons. The summed E-state index contributed by atoms with van der Waals surface area (Å²) in [6.45, 7) is 2.26. The van der Waals surface area contributed by atoms with Crippen LogP contribution in [-0.4, -0.2) is 11.1 Å². The van der Waals surface area contributed by atoms with E-state index in [4.69, 9.17) is 0 Å². The maximum Gasteiger partial charge on any atom is 0.338 e. The fourth-order valence-electron chi connectivity index (χ4n) is 7.51. The van der Waals surface area contributed by atoms with Crippen molar-refractivity contribution in [1.82, 2.24) is 0 Å². The molecule has 0 bridgehead atoms. The number of hydrogen-bond donors (Lipinski definition) is 1. The molecule has 2 aromatic rings. The third-order valence-corrected chi connectivity index (χ3v) is 9.91. The van der Waals surface area contributed by atoms with Crippen LogP contribution < -0.4 is 0 Å². The number of unbranched alkanes of at least 4 members (excludes halogenated alkanes) is 7. The smallest absolute Gasteiger partial charge is 0.338 e. The zero-order valence-corrected chi connectivity index (χ0v) is 24.5. The molecule has 0 spiro atoms. The predicted octanol–water partition coefficient (Wildman–Crippen LogP) is 11.2. The van der Waals surface area contributed by atoms with E-state index in [0.29, 0.717) is 11.5 Å². The molecule has 0 radical (unpaired) electrons. The SMILES string of the molecule is CCCCCCCCCCC1CCC(C2CCC(c3ccc(C(=O)O)c(F)c3-c3cc(F)c(F)c(F)c3)CC2)CC1. The van der Waals surface area contributed by atoms with Crippen LogP contribution in [-0.2, 0) is 0 Å². The molecule has 6 heteroatoms. The first kappa shape index (κ1) is 31.6. The van der Waals surface area contributed by atoms with Crippen LogP contribution >= 0.6 is 0 Å². The third kappa shape index (κ3) is 8.14. The zero-order valence-electron chi connectivity index (χ0n) is 24.5. The number of halogens is 4. The number of carboxylic acid groups (broad SMARTS) is 1. The number of rotatable bonds is 13. The first-order valence-corrected chi connectivity index (χ1v) is 16.0. The van der Waals surface area contributed by atoms with Crippen LogP contribution in [0.25, 0.3) is 11.1 Å². The predicted molar refractivity (Wildman–Crippen MR) is 156 cm³/mol. The molecule has 0 aromatic heterocycles. The lowest BCUT2D eigenvalue weighted by atomic mass is 9.67. The molecule has 0 atom stereocenters. The molecule has 0 amide bonds. The first-order valence-electron chi connectivity index (χ1n) is 16.0. The monoisotopic (exact) mass is 574 g/mol. The van der Waals surface area contributed by atoms with Gasteiger partial charge in [-0.1, -0.05) is 83.6 Å². The summed E-state index contributed by atoms with van der Waals surface area (Å²) < 4.78 is 57.3. The second-order valence-corrected chi connectivity index (χ2v) is 12.6. The number of carboxylic acids is 1. The van der Waals surface area contributed by atoms with Gasteiger partial charge in [0.1, 0.15) is 5.82 Å².